The van der Waals surface area contributed by atoms with Gasteiger partial charge in [0.05, 0.1) is 0 Å². The summed E-state index contributed by atoms with van der Waals surface area (Å²) in [4.78, 5) is 8.30. The maximum Gasteiger partial charge on any atom is 0.185 e. The van der Waals surface area contributed by atoms with E-state index >= 15 is 0 Å². The predicted molar refractivity (Wildman–Crippen MR) is 74.7 cm³/mol. The quantitative estimate of drug-likeness (QED) is 0.898. The third-order valence-electron chi connectivity index (χ3n) is 3.58. The van der Waals surface area contributed by atoms with Crippen LogP contribution in [0.5, 0.6) is 0 Å². The third kappa shape index (κ3) is 2.99. The lowest BCUT2D eigenvalue weighted by atomic mass is 9.80. The average Bonchev–Trinajstić information content (AvgIpc) is 2.82. The molecule has 0 bridgehead atoms. The first-order chi connectivity index (χ1) is 8.00. The van der Waals surface area contributed by atoms with Crippen LogP contribution in [0.15, 0.2) is 6.20 Å². The second kappa shape index (κ2) is 4.94. The van der Waals surface area contributed by atoms with Crippen LogP contribution in [0.3, 0.4) is 0 Å². The summed E-state index contributed by atoms with van der Waals surface area (Å²) >= 11 is 1.82. The molecule has 0 aliphatic carbocycles. The summed E-state index contributed by atoms with van der Waals surface area (Å²) in [5, 5.41) is 4.37. The molecule has 1 aliphatic rings. The van der Waals surface area contributed by atoms with Gasteiger partial charge in [-0.2, -0.15) is 0 Å². The van der Waals surface area contributed by atoms with E-state index in [1.54, 1.807) is 0 Å². The minimum absolute atomic E-state index is 0.416. The van der Waals surface area contributed by atoms with Gasteiger partial charge in [0.2, 0.25) is 0 Å². The lowest BCUT2D eigenvalue weighted by molar-refractivity contribution is 0.263. The standard InChI is InChI=1S/C13H23N3S/c1-13(2,3)10-5-6-16(9-10)12-15-8-11(17-12)7-14-4/h8,10,14H,5-7,9H2,1-4H3. The number of anilines is 1. The molecule has 1 unspecified atom stereocenters. The first kappa shape index (κ1) is 12.8. The Balaban J connectivity index is 2.00. The van der Waals surface area contributed by atoms with Crippen molar-refractivity contribution >= 4 is 16.5 Å². The first-order valence-corrected chi connectivity index (χ1v) is 7.16. The van der Waals surface area contributed by atoms with E-state index in [4.69, 9.17) is 0 Å². The lowest BCUT2D eigenvalue weighted by Crippen LogP contribution is -2.25. The molecule has 1 atom stereocenters. The number of thiazole rings is 1. The molecule has 1 aromatic heterocycles. The molecular formula is C13H23N3S. The first-order valence-electron chi connectivity index (χ1n) is 6.35. The van der Waals surface area contributed by atoms with Gasteiger partial charge in [-0.1, -0.05) is 20.8 Å². The Kier molecular flexibility index (Phi) is 3.73. The van der Waals surface area contributed by atoms with Gasteiger partial charge in [0.15, 0.2) is 5.13 Å². The number of hydrogen-bond donors (Lipinski definition) is 1. The van der Waals surface area contributed by atoms with Gasteiger partial charge in [-0.15, -0.1) is 11.3 Å². The Hall–Kier alpha value is -0.610. The molecule has 4 heteroatoms. The zero-order chi connectivity index (χ0) is 12.5. The molecule has 1 fully saturated rings. The summed E-state index contributed by atoms with van der Waals surface area (Å²) in [6, 6.07) is 0. The van der Waals surface area contributed by atoms with Crippen LogP contribution in [0, 0.1) is 11.3 Å². The van der Waals surface area contributed by atoms with Crippen LogP contribution in [-0.4, -0.2) is 25.1 Å². The second-order valence-electron chi connectivity index (χ2n) is 5.94. The van der Waals surface area contributed by atoms with E-state index in [1.165, 1.54) is 16.4 Å². The topological polar surface area (TPSA) is 28.2 Å². The number of nitrogens with one attached hydrogen (secondary N) is 1. The van der Waals surface area contributed by atoms with Gasteiger partial charge >= 0.3 is 0 Å². The maximum atomic E-state index is 4.54. The van der Waals surface area contributed by atoms with Crippen molar-refractivity contribution < 1.29 is 0 Å². The molecule has 0 aromatic carbocycles. The molecule has 0 radical (unpaired) electrons. The molecule has 1 saturated heterocycles. The highest BCUT2D eigenvalue weighted by molar-refractivity contribution is 7.15. The Bertz CT molecular complexity index is 367. The highest BCUT2D eigenvalue weighted by Gasteiger charge is 2.32. The summed E-state index contributed by atoms with van der Waals surface area (Å²) < 4.78 is 0. The Morgan fingerprint density at radius 2 is 2.29 bits per heavy atom. The molecule has 0 saturated carbocycles. The smallest absolute Gasteiger partial charge is 0.185 e. The van der Waals surface area contributed by atoms with E-state index in [2.05, 4.69) is 36.0 Å². The van der Waals surface area contributed by atoms with Gasteiger partial charge in [-0.05, 0) is 24.8 Å². The molecule has 0 amide bonds. The van der Waals surface area contributed by atoms with Crippen molar-refractivity contribution in [3.63, 3.8) is 0 Å². The monoisotopic (exact) mass is 253 g/mol. The van der Waals surface area contributed by atoms with Crippen molar-refractivity contribution in [2.45, 2.75) is 33.7 Å². The van der Waals surface area contributed by atoms with Crippen LogP contribution in [-0.2, 0) is 6.54 Å². The van der Waals surface area contributed by atoms with Crippen LogP contribution in [0.4, 0.5) is 5.13 Å². The van der Waals surface area contributed by atoms with Gasteiger partial charge in [0.1, 0.15) is 0 Å². The van der Waals surface area contributed by atoms with Crippen LogP contribution in [0.25, 0.3) is 0 Å². The zero-order valence-electron chi connectivity index (χ0n) is 11.3. The van der Waals surface area contributed by atoms with Crippen LogP contribution < -0.4 is 10.2 Å². The van der Waals surface area contributed by atoms with Crippen molar-refractivity contribution in [2.24, 2.45) is 11.3 Å². The van der Waals surface area contributed by atoms with Crippen molar-refractivity contribution in [1.29, 1.82) is 0 Å². The Labute approximate surface area is 108 Å². The molecule has 96 valence electrons. The molecule has 2 rings (SSSR count). The maximum absolute atomic E-state index is 4.54. The summed E-state index contributed by atoms with van der Waals surface area (Å²) in [5.74, 6) is 0.791. The van der Waals surface area contributed by atoms with E-state index < -0.39 is 0 Å². The number of rotatable bonds is 3. The predicted octanol–water partition coefficient (Wildman–Crippen LogP) is 2.73. The molecule has 1 aliphatic heterocycles. The molecule has 3 nitrogen and oxygen atoms in total. The molecule has 1 aromatic rings. The fourth-order valence-corrected chi connectivity index (χ4v) is 3.30. The molecular weight excluding hydrogens is 230 g/mol. The van der Waals surface area contributed by atoms with Crippen LogP contribution in [0.1, 0.15) is 32.1 Å². The molecule has 17 heavy (non-hydrogen) atoms. The minimum Gasteiger partial charge on any atom is -0.348 e. The van der Waals surface area contributed by atoms with E-state index in [0.717, 1.165) is 25.6 Å². The van der Waals surface area contributed by atoms with Crippen molar-refractivity contribution in [2.75, 3.05) is 25.0 Å². The third-order valence-corrected chi connectivity index (χ3v) is 4.63. The highest BCUT2D eigenvalue weighted by atomic mass is 32.1. The fourth-order valence-electron chi connectivity index (χ4n) is 2.34. The van der Waals surface area contributed by atoms with Gasteiger partial charge < -0.3 is 10.2 Å². The fraction of sp³-hybridized carbons (Fsp3) is 0.769. The summed E-state index contributed by atoms with van der Waals surface area (Å²) in [7, 11) is 1.98. The normalized spacial score (nSPS) is 21.2. The number of hydrogen-bond acceptors (Lipinski definition) is 4. The number of nitrogens with zero attached hydrogens (tertiary/aromatic N) is 2. The van der Waals surface area contributed by atoms with E-state index in [0.29, 0.717) is 5.41 Å². The highest BCUT2D eigenvalue weighted by Crippen LogP contribution is 2.36. The van der Waals surface area contributed by atoms with Gasteiger partial charge in [-0.25, -0.2) is 4.98 Å². The average molecular weight is 253 g/mol. The van der Waals surface area contributed by atoms with Gasteiger partial charge in [0, 0.05) is 30.7 Å². The molecule has 0 spiro atoms. The lowest BCUT2D eigenvalue weighted by Gasteiger charge is -2.26. The largest absolute Gasteiger partial charge is 0.348 e. The number of aromatic nitrogens is 1. The van der Waals surface area contributed by atoms with Crippen molar-refractivity contribution in [3.8, 4) is 0 Å². The molecule has 1 N–H and O–H groups in total. The Morgan fingerprint density at radius 1 is 1.53 bits per heavy atom. The summed E-state index contributed by atoms with van der Waals surface area (Å²) in [6.45, 7) is 10.3. The summed E-state index contributed by atoms with van der Waals surface area (Å²) in [6.07, 6.45) is 3.30. The van der Waals surface area contributed by atoms with E-state index in [9.17, 15) is 0 Å². The SMILES string of the molecule is CNCc1cnc(N2CCC(C(C)(C)C)C2)s1. The minimum atomic E-state index is 0.416. The van der Waals surface area contributed by atoms with E-state index in [1.807, 2.05) is 24.6 Å². The van der Waals surface area contributed by atoms with Gasteiger partial charge in [-0.3, -0.25) is 0 Å². The molecule has 2 heterocycles. The van der Waals surface area contributed by atoms with Crippen LogP contribution in [0.2, 0.25) is 0 Å². The van der Waals surface area contributed by atoms with Crippen LogP contribution >= 0.6 is 11.3 Å². The van der Waals surface area contributed by atoms with Crippen molar-refractivity contribution in [1.82, 2.24) is 10.3 Å². The van der Waals surface area contributed by atoms with E-state index in [-0.39, 0.29) is 0 Å². The Morgan fingerprint density at radius 3 is 2.88 bits per heavy atom. The summed E-state index contributed by atoms with van der Waals surface area (Å²) in [5.41, 5.74) is 0.416. The van der Waals surface area contributed by atoms with Crippen molar-refractivity contribution in [3.05, 3.63) is 11.1 Å². The second-order valence-corrected chi connectivity index (χ2v) is 7.03. The zero-order valence-corrected chi connectivity index (χ0v) is 12.1. The van der Waals surface area contributed by atoms with Gasteiger partial charge in [0.25, 0.3) is 0 Å².